The fourth-order valence-electron chi connectivity index (χ4n) is 2.47. The van der Waals surface area contributed by atoms with Gasteiger partial charge in [0.2, 0.25) is 0 Å². The molecule has 0 radical (unpaired) electrons. The lowest BCUT2D eigenvalue weighted by molar-refractivity contribution is 0.236. The molecule has 1 saturated heterocycles. The zero-order valence-electron chi connectivity index (χ0n) is 11.3. The lowest BCUT2D eigenvalue weighted by atomic mass is 10.0. The first-order chi connectivity index (χ1) is 8.61. The third-order valence-corrected chi connectivity index (χ3v) is 3.36. The normalized spacial score (nSPS) is 19.8. The van der Waals surface area contributed by atoms with Gasteiger partial charge in [-0.25, -0.2) is 4.79 Å². The summed E-state index contributed by atoms with van der Waals surface area (Å²) in [5, 5.41) is 6.12. The third-order valence-electron chi connectivity index (χ3n) is 3.36. The van der Waals surface area contributed by atoms with Gasteiger partial charge in [0.1, 0.15) is 0 Å². The Morgan fingerprint density at radius 3 is 2.89 bits per heavy atom. The molecule has 1 heterocycles. The average Bonchev–Trinajstić information content (AvgIpc) is 2.33. The third kappa shape index (κ3) is 2.64. The quantitative estimate of drug-likeness (QED) is 0.853. The lowest BCUT2D eigenvalue weighted by Crippen LogP contribution is -2.53. The summed E-state index contributed by atoms with van der Waals surface area (Å²) in [7, 11) is 1.94. The van der Waals surface area contributed by atoms with E-state index in [0.717, 1.165) is 30.9 Å². The van der Waals surface area contributed by atoms with Gasteiger partial charge in [-0.1, -0.05) is 17.7 Å². The number of benzene rings is 1. The molecule has 0 bridgehead atoms. The Balaban J connectivity index is 2.21. The summed E-state index contributed by atoms with van der Waals surface area (Å²) >= 11 is 0. The number of hydrogen-bond acceptors (Lipinski definition) is 2. The highest BCUT2D eigenvalue weighted by molar-refractivity contribution is 5.93. The molecule has 2 amide bonds. The van der Waals surface area contributed by atoms with Crippen molar-refractivity contribution in [2.24, 2.45) is 5.92 Å². The fraction of sp³-hybridized carbons (Fsp3) is 0.500. The monoisotopic (exact) mass is 247 g/mol. The van der Waals surface area contributed by atoms with Crippen molar-refractivity contribution in [3.8, 4) is 0 Å². The maximum absolute atomic E-state index is 12.0. The number of urea groups is 1. The second-order valence-electron chi connectivity index (χ2n) is 5.01. The molecular weight excluding hydrogens is 226 g/mol. The van der Waals surface area contributed by atoms with E-state index in [-0.39, 0.29) is 6.03 Å². The number of anilines is 1. The van der Waals surface area contributed by atoms with Crippen LogP contribution in [0.2, 0.25) is 0 Å². The number of hydrogen-bond donors (Lipinski definition) is 2. The van der Waals surface area contributed by atoms with Crippen LogP contribution in [0.3, 0.4) is 0 Å². The molecule has 2 rings (SSSR count). The Kier molecular flexibility index (Phi) is 3.87. The Morgan fingerprint density at radius 2 is 2.22 bits per heavy atom. The number of nitrogens with zero attached hydrogens (tertiary/aromatic N) is 1. The van der Waals surface area contributed by atoms with Crippen LogP contribution in [-0.2, 0) is 0 Å². The summed E-state index contributed by atoms with van der Waals surface area (Å²) in [6, 6.07) is 6.21. The molecule has 2 N–H and O–H groups in total. The van der Waals surface area contributed by atoms with Crippen LogP contribution in [0.15, 0.2) is 18.2 Å². The van der Waals surface area contributed by atoms with Crippen molar-refractivity contribution in [2.75, 3.05) is 31.6 Å². The molecule has 1 aliphatic rings. The van der Waals surface area contributed by atoms with E-state index in [1.165, 1.54) is 5.56 Å². The summed E-state index contributed by atoms with van der Waals surface area (Å²) in [5.41, 5.74) is 3.38. The molecule has 1 unspecified atom stereocenters. The molecule has 0 aromatic heterocycles. The molecule has 4 heteroatoms. The molecule has 1 aromatic rings. The number of amides is 2. The van der Waals surface area contributed by atoms with Crippen molar-refractivity contribution >= 4 is 11.7 Å². The standard InChI is InChI=1S/C14H21N3O/c1-10-4-5-13(11(2)6-10)17-9-12(7-15-3)8-16-14(17)18/h4-6,12,15H,7-9H2,1-3H3,(H,16,18). The van der Waals surface area contributed by atoms with Crippen LogP contribution in [0.25, 0.3) is 0 Å². The molecule has 1 aliphatic heterocycles. The number of carbonyl (C=O) groups excluding carboxylic acids is 1. The van der Waals surface area contributed by atoms with Gasteiger partial charge in [-0.15, -0.1) is 0 Å². The average molecular weight is 247 g/mol. The minimum atomic E-state index is 0.00862. The van der Waals surface area contributed by atoms with Gasteiger partial charge in [0.05, 0.1) is 0 Å². The minimum Gasteiger partial charge on any atom is -0.337 e. The first-order valence-electron chi connectivity index (χ1n) is 6.39. The van der Waals surface area contributed by atoms with E-state index in [2.05, 4.69) is 36.6 Å². The summed E-state index contributed by atoms with van der Waals surface area (Å²) < 4.78 is 0. The van der Waals surface area contributed by atoms with Crippen molar-refractivity contribution in [3.05, 3.63) is 29.3 Å². The van der Waals surface area contributed by atoms with Crippen molar-refractivity contribution in [1.29, 1.82) is 0 Å². The molecule has 4 nitrogen and oxygen atoms in total. The van der Waals surface area contributed by atoms with Gasteiger partial charge >= 0.3 is 6.03 Å². The van der Waals surface area contributed by atoms with E-state index in [4.69, 9.17) is 0 Å². The number of rotatable bonds is 3. The second kappa shape index (κ2) is 5.40. The highest BCUT2D eigenvalue weighted by Gasteiger charge is 2.26. The topological polar surface area (TPSA) is 44.4 Å². The molecule has 1 atom stereocenters. The van der Waals surface area contributed by atoms with Crippen molar-refractivity contribution in [2.45, 2.75) is 13.8 Å². The molecular formula is C14H21N3O. The van der Waals surface area contributed by atoms with Gasteiger partial charge in [-0.2, -0.15) is 0 Å². The largest absolute Gasteiger partial charge is 0.337 e. The SMILES string of the molecule is CNCC1CNC(=O)N(c2ccc(C)cc2C)C1. The fourth-order valence-corrected chi connectivity index (χ4v) is 2.47. The molecule has 1 fully saturated rings. The molecule has 1 aromatic carbocycles. The van der Waals surface area contributed by atoms with E-state index >= 15 is 0 Å². The zero-order valence-corrected chi connectivity index (χ0v) is 11.3. The number of aryl methyl sites for hydroxylation is 2. The van der Waals surface area contributed by atoms with E-state index in [0.29, 0.717) is 5.92 Å². The van der Waals surface area contributed by atoms with Crippen LogP contribution >= 0.6 is 0 Å². The second-order valence-corrected chi connectivity index (χ2v) is 5.01. The number of nitrogens with one attached hydrogen (secondary N) is 2. The molecule has 0 saturated carbocycles. The Hall–Kier alpha value is -1.55. The first kappa shape index (κ1) is 12.9. The van der Waals surface area contributed by atoms with Crippen LogP contribution in [0.5, 0.6) is 0 Å². The van der Waals surface area contributed by atoms with Crippen molar-refractivity contribution in [1.82, 2.24) is 10.6 Å². The highest BCUT2D eigenvalue weighted by atomic mass is 16.2. The van der Waals surface area contributed by atoms with E-state index in [9.17, 15) is 4.79 Å². The van der Waals surface area contributed by atoms with E-state index in [1.807, 2.05) is 18.0 Å². The van der Waals surface area contributed by atoms with Gasteiger partial charge in [-0.05, 0) is 32.5 Å². The Bertz CT molecular complexity index is 445. The molecule has 98 valence electrons. The van der Waals surface area contributed by atoms with Gasteiger partial charge < -0.3 is 10.6 Å². The zero-order chi connectivity index (χ0) is 13.1. The van der Waals surface area contributed by atoms with Gasteiger partial charge in [0, 0.05) is 31.2 Å². The van der Waals surface area contributed by atoms with Crippen LogP contribution in [-0.4, -0.2) is 32.7 Å². The molecule has 0 aliphatic carbocycles. The summed E-state index contributed by atoms with van der Waals surface area (Å²) in [5.74, 6) is 0.452. The van der Waals surface area contributed by atoms with Gasteiger partial charge in [0.15, 0.2) is 0 Å². The van der Waals surface area contributed by atoms with E-state index in [1.54, 1.807) is 0 Å². The minimum absolute atomic E-state index is 0.00862. The smallest absolute Gasteiger partial charge is 0.321 e. The first-order valence-corrected chi connectivity index (χ1v) is 6.39. The Morgan fingerprint density at radius 1 is 1.44 bits per heavy atom. The molecule has 0 spiro atoms. The van der Waals surface area contributed by atoms with Crippen molar-refractivity contribution in [3.63, 3.8) is 0 Å². The van der Waals surface area contributed by atoms with E-state index < -0.39 is 0 Å². The van der Waals surface area contributed by atoms with Crippen LogP contribution in [0.4, 0.5) is 10.5 Å². The van der Waals surface area contributed by atoms with Crippen LogP contribution < -0.4 is 15.5 Å². The highest BCUT2D eigenvalue weighted by Crippen LogP contribution is 2.23. The predicted octanol–water partition coefficient (Wildman–Crippen LogP) is 1.67. The Labute approximate surface area is 108 Å². The predicted molar refractivity (Wildman–Crippen MR) is 74.1 cm³/mol. The summed E-state index contributed by atoms with van der Waals surface area (Å²) in [4.78, 5) is 13.8. The summed E-state index contributed by atoms with van der Waals surface area (Å²) in [6.45, 7) is 6.56. The molecule has 18 heavy (non-hydrogen) atoms. The van der Waals surface area contributed by atoms with Gasteiger partial charge in [0.25, 0.3) is 0 Å². The maximum atomic E-state index is 12.0. The lowest BCUT2D eigenvalue weighted by Gasteiger charge is -2.34. The van der Waals surface area contributed by atoms with Crippen LogP contribution in [0, 0.1) is 19.8 Å². The summed E-state index contributed by atoms with van der Waals surface area (Å²) in [6.07, 6.45) is 0. The van der Waals surface area contributed by atoms with Gasteiger partial charge in [-0.3, -0.25) is 4.90 Å². The number of carbonyl (C=O) groups is 1. The van der Waals surface area contributed by atoms with Crippen LogP contribution in [0.1, 0.15) is 11.1 Å². The maximum Gasteiger partial charge on any atom is 0.321 e. The van der Waals surface area contributed by atoms with Crippen molar-refractivity contribution < 1.29 is 4.79 Å².